The Labute approximate surface area is 168 Å². The maximum Gasteiger partial charge on any atom is 0.161 e. The van der Waals surface area contributed by atoms with Gasteiger partial charge in [-0.05, 0) is 54.5 Å². The van der Waals surface area contributed by atoms with Gasteiger partial charge in [0, 0.05) is 38.8 Å². The van der Waals surface area contributed by atoms with Crippen molar-refractivity contribution in [2.24, 2.45) is 5.92 Å². The summed E-state index contributed by atoms with van der Waals surface area (Å²) in [4.78, 5) is 5.39. The molecule has 4 aliphatic heterocycles. The number of fused-ring (bicyclic) bond motifs is 5. The summed E-state index contributed by atoms with van der Waals surface area (Å²) < 4.78 is 11.6. The molecule has 0 aliphatic carbocycles. The average Bonchev–Trinajstić information content (AvgIpc) is 3.00. The Balaban J connectivity index is 1.30. The van der Waals surface area contributed by atoms with E-state index in [1.54, 1.807) is 0 Å². The van der Waals surface area contributed by atoms with Crippen molar-refractivity contribution in [1.29, 1.82) is 0 Å². The second-order valence-electron chi connectivity index (χ2n) is 8.63. The van der Waals surface area contributed by atoms with E-state index in [1.807, 2.05) is 0 Å². The van der Waals surface area contributed by atoms with Gasteiger partial charge in [-0.3, -0.25) is 9.80 Å². The molecule has 2 bridgehead atoms. The molecule has 0 saturated carbocycles. The summed E-state index contributed by atoms with van der Waals surface area (Å²) in [5, 5.41) is 0. The number of piperidine rings is 1. The Morgan fingerprint density at radius 2 is 1.68 bits per heavy atom. The van der Waals surface area contributed by atoms with Crippen LogP contribution in [0, 0.1) is 12.8 Å². The van der Waals surface area contributed by atoms with Crippen molar-refractivity contribution in [2.45, 2.75) is 38.9 Å². The minimum absolute atomic E-state index is 0.651. The Morgan fingerprint density at radius 1 is 0.893 bits per heavy atom. The molecule has 4 heteroatoms. The fourth-order valence-electron chi connectivity index (χ4n) is 5.06. The first-order valence-corrected chi connectivity index (χ1v) is 10.6. The van der Waals surface area contributed by atoms with E-state index in [1.165, 1.54) is 42.6 Å². The van der Waals surface area contributed by atoms with Gasteiger partial charge in [-0.2, -0.15) is 0 Å². The average molecular weight is 379 g/mol. The molecule has 2 aromatic carbocycles. The predicted molar refractivity (Wildman–Crippen MR) is 111 cm³/mol. The van der Waals surface area contributed by atoms with Crippen LogP contribution < -0.4 is 9.47 Å². The minimum atomic E-state index is 0.651. The van der Waals surface area contributed by atoms with Crippen molar-refractivity contribution in [3.63, 3.8) is 0 Å². The first kappa shape index (κ1) is 18.0. The number of hydrogen-bond donors (Lipinski definition) is 0. The van der Waals surface area contributed by atoms with E-state index in [0.717, 1.165) is 37.1 Å². The van der Waals surface area contributed by atoms with E-state index in [2.05, 4.69) is 59.2 Å². The molecule has 2 aromatic rings. The molecule has 0 radical (unpaired) electrons. The van der Waals surface area contributed by atoms with Crippen LogP contribution >= 0.6 is 0 Å². The zero-order chi connectivity index (χ0) is 18.9. The third-order valence-electron chi connectivity index (χ3n) is 6.53. The lowest BCUT2D eigenvalue weighted by Gasteiger charge is -2.36. The second-order valence-corrected chi connectivity index (χ2v) is 8.63. The molecule has 148 valence electrons. The lowest BCUT2D eigenvalue weighted by Crippen LogP contribution is -2.43. The van der Waals surface area contributed by atoms with Gasteiger partial charge in [-0.1, -0.05) is 30.3 Å². The molecule has 2 atom stereocenters. The summed E-state index contributed by atoms with van der Waals surface area (Å²) in [6.07, 6.45) is 2.70. The maximum atomic E-state index is 5.82. The Bertz CT molecular complexity index is 823. The van der Waals surface area contributed by atoms with Gasteiger partial charge in [0.05, 0.1) is 0 Å². The van der Waals surface area contributed by atoms with Crippen LogP contribution in [0.1, 0.15) is 29.5 Å². The monoisotopic (exact) mass is 378 g/mol. The summed E-state index contributed by atoms with van der Waals surface area (Å²) in [5.74, 6) is 2.59. The first-order chi connectivity index (χ1) is 13.7. The van der Waals surface area contributed by atoms with Crippen LogP contribution in [-0.2, 0) is 13.1 Å². The Hall–Kier alpha value is -2.04. The number of rotatable bonds is 4. The number of ether oxygens (including phenoxy) is 2. The van der Waals surface area contributed by atoms with Gasteiger partial charge in [0.15, 0.2) is 11.5 Å². The SMILES string of the molecule is Cc1cc2c(cc1CN1C[C@@H]3CC[C@H](C1)N(Cc1ccccc1)C3)OCCO2. The predicted octanol–water partition coefficient (Wildman–Crippen LogP) is 3.86. The summed E-state index contributed by atoms with van der Waals surface area (Å²) in [7, 11) is 0. The van der Waals surface area contributed by atoms with E-state index >= 15 is 0 Å². The highest BCUT2D eigenvalue weighted by atomic mass is 16.6. The summed E-state index contributed by atoms with van der Waals surface area (Å²) in [6, 6.07) is 16.0. The first-order valence-electron chi connectivity index (χ1n) is 10.6. The molecular weight excluding hydrogens is 348 g/mol. The molecule has 4 nitrogen and oxygen atoms in total. The molecule has 0 unspecified atom stereocenters. The van der Waals surface area contributed by atoms with Gasteiger partial charge in [-0.25, -0.2) is 0 Å². The molecule has 28 heavy (non-hydrogen) atoms. The third kappa shape index (κ3) is 3.76. The molecule has 4 aliphatic rings. The zero-order valence-corrected chi connectivity index (χ0v) is 16.8. The molecular formula is C24H30N2O2. The second kappa shape index (κ2) is 7.76. The molecule has 4 heterocycles. The standard InChI is InChI=1S/C24H30N2O2/c1-18-11-23-24(28-10-9-27-23)12-21(18)16-25-13-20-7-8-22(17-25)26(15-20)14-19-5-3-2-4-6-19/h2-6,11-12,20,22H,7-10,13-17H2,1H3/t20-,22+/m0/s1. The fourth-order valence-corrected chi connectivity index (χ4v) is 5.06. The molecule has 0 amide bonds. The van der Waals surface area contributed by atoms with Crippen LogP contribution in [0.4, 0.5) is 0 Å². The van der Waals surface area contributed by atoms with E-state index in [-0.39, 0.29) is 0 Å². The quantitative estimate of drug-likeness (QED) is 0.807. The van der Waals surface area contributed by atoms with E-state index in [0.29, 0.717) is 19.3 Å². The highest BCUT2D eigenvalue weighted by Gasteiger charge is 2.34. The van der Waals surface area contributed by atoms with Crippen LogP contribution in [0.2, 0.25) is 0 Å². The van der Waals surface area contributed by atoms with Gasteiger partial charge < -0.3 is 9.47 Å². The molecule has 0 N–H and O–H groups in total. The van der Waals surface area contributed by atoms with Gasteiger partial charge in [-0.15, -0.1) is 0 Å². The summed E-state index contributed by atoms with van der Waals surface area (Å²) in [5.41, 5.74) is 4.12. The van der Waals surface area contributed by atoms with E-state index in [9.17, 15) is 0 Å². The van der Waals surface area contributed by atoms with Gasteiger partial charge in [0.2, 0.25) is 0 Å². The van der Waals surface area contributed by atoms with Crippen LogP contribution in [-0.4, -0.2) is 48.7 Å². The van der Waals surface area contributed by atoms with Crippen molar-refractivity contribution < 1.29 is 9.47 Å². The van der Waals surface area contributed by atoms with Crippen molar-refractivity contribution in [3.05, 3.63) is 59.2 Å². The van der Waals surface area contributed by atoms with Crippen LogP contribution in [0.25, 0.3) is 0 Å². The molecule has 0 spiro atoms. The van der Waals surface area contributed by atoms with Crippen molar-refractivity contribution in [2.75, 3.05) is 32.8 Å². The fraction of sp³-hybridized carbons (Fsp3) is 0.500. The highest BCUT2D eigenvalue weighted by Crippen LogP contribution is 2.35. The third-order valence-corrected chi connectivity index (χ3v) is 6.53. The number of aryl methyl sites for hydroxylation is 1. The lowest BCUT2D eigenvalue weighted by molar-refractivity contribution is 0.123. The number of hydrogen-bond acceptors (Lipinski definition) is 4. The smallest absolute Gasteiger partial charge is 0.161 e. The zero-order valence-electron chi connectivity index (χ0n) is 16.8. The van der Waals surface area contributed by atoms with E-state index < -0.39 is 0 Å². The largest absolute Gasteiger partial charge is 0.486 e. The molecule has 3 fully saturated rings. The minimum Gasteiger partial charge on any atom is -0.486 e. The van der Waals surface area contributed by atoms with Gasteiger partial charge in [0.1, 0.15) is 13.2 Å². The van der Waals surface area contributed by atoms with Crippen molar-refractivity contribution in [1.82, 2.24) is 9.80 Å². The molecule has 0 aromatic heterocycles. The summed E-state index contributed by atoms with van der Waals surface area (Å²) in [6.45, 7) is 9.19. The Kier molecular flexibility index (Phi) is 5.00. The van der Waals surface area contributed by atoms with Crippen LogP contribution in [0.15, 0.2) is 42.5 Å². The highest BCUT2D eigenvalue weighted by molar-refractivity contribution is 5.47. The Morgan fingerprint density at radius 3 is 2.50 bits per heavy atom. The molecule has 3 saturated heterocycles. The van der Waals surface area contributed by atoms with Gasteiger partial charge in [0.25, 0.3) is 0 Å². The number of nitrogens with zero attached hydrogens (tertiary/aromatic N) is 2. The van der Waals surface area contributed by atoms with E-state index in [4.69, 9.17) is 9.47 Å². The number of benzene rings is 2. The lowest BCUT2D eigenvalue weighted by atomic mass is 9.94. The van der Waals surface area contributed by atoms with Crippen LogP contribution in [0.3, 0.4) is 0 Å². The topological polar surface area (TPSA) is 24.9 Å². The van der Waals surface area contributed by atoms with Gasteiger partial charge >= 0.3 is 0 Å². The van der Waals surface area contributed by atoms with Crippen molar-refractivity contribution in [3.8, 4) is 11.5 Å². The summed E-state index contributed by atoms with van der Waals surface area (Å²) >= 11 is 0. The normalized spacial score (nSPS) is 24.9. The maximum absolute atomic E-state index is 5.82. The van der Waals surface area contributed by atoms with Crippen LogP contribution in [0.5, 0.6) is 11.5 Å². The van der Waals surface area contributed by atoms with Crippen molar-refractivity contribution >= 4 is 0 Å². The molecule has 6 rings (SSSR count).